The molecule has 2 rings (SSSR count). The van der Waals surface area contributed by atoms with Gasteiger partial charge in [-0.05, 0) is 12.1 Å². The molecule has 0 aliphatic carbocycles. The van der Waals surface area contributed by atoms with Crippen LogP contribution in [0.4, 0.5) is 11.5 Å². The normalized spacial score (nSPS) is 10.2. The molecule has 4 N–H and O–H groups in total. The van der Waals surface area contributed by atoms with E-state index in [9.17, 15) is 14.4 Å². The first-order valence-corrected chi connectivity index (χ1v) is 5.46. The number of H-pyrrole nitrogens is 1. The minimum atomic E-state index is -0.662. The van der Waals surface area contributed by atoms with E-state index in [1.807, 2.05) is 0 Å². The smallest absolute Gasteiger partial charge is 0.329 e. The van der Waals surface area contributed by atoms with Crippen molar-refractivity contribution in [2.24, 2.45) is 7.05 Å². The first kappa shape index (κ1) is 12.6. The number of rotatable bonds is 2. The van der Waals surface area contributed by atoms with E-state index in [1.54, 1.807) is 30.3 Å². The zero-order chi connectivity index (χ0) is 14.0. The molecule has 0 aliphatic heterocycles. The van der Waals surface area contributed by atoms with Crippen LogP contribution in [0.3, 0.4) is 0 Å². The Hall–Kier alpha value is -2.83. The monoisotopic (exact) mass is 260 g/mol. The Labute approximate surface area is 107 Å². The number of nitrogens with one attached hydrogen (secondary N) is 2. The number of aromatic amines is 1. The highest BCUT2D eigenvalue weighted by atomic mass is 16.2. The molecule has 0 unspecified atom stereocenters. The van der Waals surface area contributed by atoms with Gasteiger partial charge in [0.05, 0.1) is 0 Å². The molecule has 0 saturated heterocycles. The molecule has 2 aromatic rings. The van der Waals surface area contributed by atoms with E-state index in [1.165, 1.54) is 7.05 Å². The molecule has 0 radical (unpaired) electrons. The van der Waals surface area contributed by atoms with Gasteiger partial charge in [-0.1, -0.05) is 18.2 Å². The van der Waals surface area contributed by atoms with Crippen LogP contribution in [0, 0.1) is 0 Å². The van der Waals surface area contributed by atoms with E-state index in [-0.39, 0.29) is 11.5 Å². The number of anilines is 2. The van der Waals surface area contributed by atoms with Crippen LogP contribution in [0.5, 0.6) is 0 Å². The van der Waals surface area contributed by atoms with E-state index < -0.39 is 17.2 Å². The zero-order valence-electron chi connectivity index (χ0n) is 10.1. The van der Waals surface area contributed by atoms with Crippen LogP contribution in [0.25, 0.3) is 0 Å². The summed E-state index contributed by atoms with van der Waals surface area (Å²) in [5.41, 5.74) is 4.48. The van der Waals surface area contributed by atoms with E-state index in [4.69, 9.17) is 5.73 Å². The minimum Gasteiger partial charge on any atom is -0.383 e. The van der Waals surface area contributed by atoms with Crippen LogP contribution >= 0.6 is 0 Å². The molecular formula is C12H12N4O3. The molecule has 0 fully saturated rings. The fraction of sp³-hybridized carbons (Fsp3) is 0.0833. The van der Waals surface area contributed by atoms with Crippen molar-refractivity contribution in [3.8, 4) is 0 Å². The van der Waals surface area contributed by atoms with Crippen LogP contribution in [-0.4, -0.2) is 15.5 Å². The molecule has 0 bridgehead atoms. The summed E-state index contributed by atoms with van der Waals surface area (Å²) in [7, 11) is 1.29. The van der Waals surface area contributed by atoms with Gasteiger partial charge in [-0.15, -0.1) is 0 Å². The Kier molecular flexibility index (Phi) is 3.19. The minimum absolute atomic E-state index is 0.143. The second kappa shape index (κ2) is 4.81. The predicted molar refractivity (Wildman–Crippen MR) is 71.1 cm³/mol. The highest BCUT2D eigenvalue weighted by molar-refractivity contribution is 6.05. The van der Waals surface area contributed by atoms with E-state index in [0.717, 1.165) is 4.57 Å². The molecule has 1 aromatic heterocycles. The van der Waals surface area contributed by atoms with Crippen molar-refractivity contribution in [1.29, 1.82) is 0 Å². The highest BCUT2D eigenvalue weighted by Crippen LogP contribution is 2.09. The molecule has 0 saturated carbocycles. The Bertz CT molecular complexity index is 731. The molecule has 1 amide bonds. The summed E-state index contributed by atoms with van der Waals surface area (Å²) < 4.78 is 0.830. The van der Waals surface area contributed by atoms with Crippen molar-refractivity contribution in [3.05, 3.63) is 56.7 Å². The first-order chi connectivity index (χ1) is 9.00. The molecule has 1 aromatic carbocycles. The van der Waals surface area contributed by atoms with Crippen molar-refractivity contribution in [2.75, 3.05) is 11.1 Å². The van der Waals surface area contributed by atoms with Crippen LogP contribution in [0.2, 0.25) is 0 Å². The average molecular weight is 260 g/mol. The number of carbonyl (C=O) groups excluding carboxylic acids is 1. The van der Waals surface area contributed by atoms with Gasteiger partial charge in [-0.25, -0.2) is 4.79 Å². The molecule has 19 heavy (non-hydrogen) atoms. The number of aromatic nitrogens is 2. The quantitative estimate of drug-likeness (QED) is 0.700. The molecule has 0 aliphatic rings. The predicted octanol–water partition coefficient (Wildman–Crippen LogP) is -0.0919. The summed E-state index contributed by atoms with van der Waals surface area (Å²) in [6, 6.07) is 8.36. The van der Waals surface area contributed by atoms with Crippen molar-refractivity contribution < 1.29 is 4.79 Å². The van der Waals surface area contributed by atoms with E-state index in [0.29, 0.717) is 5.56 Å². The molecule has 0 atom stereocenters. The van der Waals surface area contributed by atoms with Crippen molar-refractivity contribution >= 4 is 17.4 Å². The molecule has 1 heterocycles. The Morgan fingerprint density at radius 1 is 1.26 bits per heavy atom. The van der Waals surface area contributed by atoms with Crippen molar-refractivity contribution in [2.45, 2.75) is 0 Å². The summed E-state index contributed by atoms with van der Waals surface area (Å²) in [5.74, 6) is -0.645. The maximum absolute atomic E-state index is 11.9. The number of nitrogens with zero attached hydrogens (tertiary/aromatic N) is 1. The number of amides is 1. The summed E-state index contributed by atoms with van der Waals surface area (Å²) in [6.45, 7) is 0. The lowest BCUT2D eigenvalue weighted by atomic mass is 10.2. The molecular weight excluding hydrogens is 248 g/mol. The SMILES string of the molecule is Cn1c(=O)[nH]c(N)c(NC(=O)c2ccccc2)c1=O. The summed E-state index contributed by atoms with van der Waals surface area (Å²) >= 11 is 0. The first-order valence-electron chi connectivity index (χ1n) is 5.46. The van der Waals surface area contributed by atoms with Gasteiger partial charge >= 0.3 is 5.69 Å². The van der Waals surface area contributed by atoms with Crippen LogP contribution in [-0.2, 0) is 7.05 Å². The standard InChI is InChI=1S/C12H12N4O3/c1-16-11(18)8(9(13)15-12(16)19)14-10(17)7-5-3-2-4-6-7/h2-6H,13H2,1H3,(H,14,17)(H,15,19). The number of benzene rings is 1. The molecule has 98 valence electrons. The highest BCUT2D eigenvalue weighted by Gasteiger charge is 2.13. The lowest BCUT2D eigenvalue weighted by Crippen LogP contribution is -2.36. The number of hydrogen-bond acceptors (Lipinski definition) is 4. The van der Waals surface area contributed by atoms with Gasteiger partial charge in [-0.3, -0.25) is 19.1 Å². The second-order valence-corrected chi connectivity index (χ2v) is 3.90. The number of nitrogen functional groups attached to an aromatic ring is 1. The fourth-order valence-corrected chi connectivity index (χ4v) is 1.53. The topological polar surface area (TPSA) is 110 Å². The Morgan fingerprint density at radius 3 is 2.53 bits per heavy atom. The van der Waals surface area contributed by atoms with Crippen LogP contribution < -0.4 is 22.3 Å². The zero-order valence-corrected chi connectivity index (χ0v) is 10.1. The largest absolute Gasteiger partial charge is 0.383 e. The summed E-state index contributed by atoms with van der Waals surface area (Å²) in [4.78, 5) is 37.3. The van der Waals surface area contributed by atoms with Crippen molar-refractivity contribution in [1.82, 2.24) is 9.55 Å². The summed E-state index contributed by atoms with van der Waals surface area (Å²) in [6.07, 6.45) is 0. The number of nitrogens with two attached hydrogens (primary N) is 1. The third-order valence-electron chi connectivity index (χ3n) is 2.61. The average Bonchev–Trinajstić information content (AvgIpc) is 2.42. The van der Waals surface area contributed by atoms with Crippen molar-refractivity contribution in [3.63, 3.8) is 0 Å². The van der Waals surface area contributed by atoms with Gasteiger partial charge in [0.25, 0.3) is 11.5 Å². The molecule has 7 heteroatoms. The van der Waals surface area contributed by atoms with E-state index in [2.05, 4.69) is 10.3 Å². The van der Waals surface area contributed by atoms with Gasteiger partial charge in [0.2, 0.25) is 0 Å². The maximum Gasteiger partial charge on any atom is 0.329 e. The van der Waals surface area contributed by atoms with Crippen LogP contribution in [0.15, 0.2) is 39.9 Å². The second-order valence-electron chi connectivity index (χ2n) is 3.90. The van der Waals surface area contributed by atoms with Gasteiger partial charge in [-0.2, -0.15) is 0 Å². The Morgan fingerprint density at radius 2 is 1.89 bits per heavy atom. The number of carbonyl (C=O) groups is 1. The molecule has 0 spiro atoms. The van der Waals surface area contributed by atoms with Gasteiger partial charge < -0.3 is 11.1 Å². The lowest BCUT2D eigenvalue weighted by Gasteiger charge is -2.08. The fourth-order valence-electron chi connectivity index (χ4n) is 1.53. The number of hydrogen-bond donors (Lipinski definition) is 3. The molecule has 7 nitrogen and oxygen atoms in total. The third kappa shape index (κ3) is 2.39. The third-order valence-corrected chi connectivity index (χ3v) is 2.61. The van der Waals surface area contributed by atoms with Crippen LogP contribution in [0.1, 0.15) is 10.4 Å². The lowest BCUT2D eigenvalue weighted by molar-refractivity contribution is 0.102. The van der Waals surface area contributed by atoms with Gasteiger partial charge in [0.15, 0.2) is 0 Å². The van der Waals surface area contributed by atoms with Gasteiger partial charge in [0.1, 0.15) is 11.5 Å². The maximum atomic E-state index is 11.9. The van der Waals surface area contributed by atoms with E-state index >= 15 is 0 Å². The van der Waals surface area contributed by atoms with Gasteiger partial charge in [0, 0.05) is 12.6 Å². The Balaban J connectivity index is 2.41. The summed E-state index contributed by atoms with van der Waals surface area (Å²) in [5, 5.41) is 2.40.